The molecule has 112 valence electrons. The van der Waals surface area contributed by atoms with Gasteiger partial charge in [-0.1, -0.05) is 26.0 Å². The van der Waals surface area contributed by atoms with Crippen LogP contribution in [0.4, 0.5) is 0 Å². The van der Waals surface area contributed by atoms with Crippen molar-refractivity contribution in [1.29, 1.82) is 0 Å². The summed E-state index contributed by atoms with van der Waals surface area (Å²) in [6.07, 6.45) is 7.02. The molecule has 3 nitrogen and oxygen atoms in total. The second-order valence-corrected chi connectivity index (χ2v) is 8.25. The summed E-state index contributed by atoms with van der Waals surface area (Å²) >= 11 is 0. The van der Waals surface area contributed by atoms with E-state index in [9.17, 15) is 0 Å². The molecule has 3 atom stereocenters. The van der Waals surface area contributed by atoms with Crippen molar-refractivity contribution in [3.8, 4) is 0 Å². The van der Waals surface area contributed by atoms with Gasteiger partial charge in [0.15, 0.2) is 0 Å². The van der Waals surface area contributed by atoms with Crippen molar-refractivity contribution in [2.45, 2.75) is 38.7 Å². The monoisotopic (exact) mass is 286 g/mol. The van der Waals surface area contributed by atoms with Crippen LogP contribution in [0, 0.1) is 11.8 Å². The van der Waals surface area contributed by atoms with Crippen molar-refractivity contribution in [1.82, 2.24) is 0 Å². The van der Waals surface area contributed by atoms with Gasteiger partial charge >= 0.3 is 8.80 Å². The molecule has 0 heterocycles. The first kappa shape index (κ1) is 18.6. The van der Waals surface area contributed by atoms with Crippen LogP contribution in [0.5, 0.6) is 0 Å². The first-order valence-corrected chi connectivity index (χ1v) is 8.74. The summed E-state index contributed by atoms with van der Waals surface area (Å²) < 4.78 is 17.0. The Bertz CT molecular complexity index is 256. The summed E-state index contributed by atoms with van der Waals surface area (Å²) in [6, 6.07) is 0. The fourth-order valence-electron chi connectivity index (χ4n) is 2.47. The molecule has 0 aromatic heterocycles. The highest BCUT2D eigenvalue weighted by molar-refractivity contribution is 6.62. The Hall–Kier alpha value is -0.423. The van der Waals surface area contributed by atoms with Gasteiger partial charge in [0, 0.05) is 26.9 Å². The topological polar surface area (TPSA) is 27.7 Å². The van der Waals surface area contributed by atoms with Crippen LogP contribution < -0.4 is 0 Å². The highest BCUT2D eigenvalue weighted by atomic mass is 28.4. The van der Waals surface area contributed by atoms with Gasteiger partial charge in [-0.25, -0.2) is 0 Å². The second-order valence-electron chi connectivity index (χ2n) is 5.00. The Balaban J connectivity index is 5.10. The molecule has 0 amide bonds. The zero-order valence-corrected chi connectivity index (χ0v) is 14.1. The molecule has 0 aromatic rings. The molecule has 3 unspecified atom stereocenters. The Morgan fingerprint density at radius 1 is 1.00 bits per heavy atom. The van der Waals surface area contributed by atoms with Crippen LogP contribution in [0.15, 0.2) is 25.3 Å². The molecule has 0 rings (SSSR count). The van der Waals surface area contributed by atoms with Crippen LogP contribution in [-0.2, 0) is 13.3 Å². The van der Waals surface area contributed by atoms with Gasteiger partial charge in [-0.05, 0) is 31.1 Å². The highest BCUT2D eigenvalue weighted by Gasteiger charge is 2.47. The molecular weight excluding hydrogens is 256 g/mol. The smallest absolute Gasteiger partial charge is 0.377 e. The van der Waals surface area contributed by atoms with Crippen LogP contribution in [0.25, 0.3) is 0 Å². The van der Waals surface area contributed by atoms with E-state index in [0.29, 0.717) is 11.8 Å². The normalized spacial score (nSPS) is 16.7. The lowest BCUT2D eigenvalue weighted by molar-refractivity contribution is 0.104. The lowest BCUT2D eigenvalue weighted by Gasteiger charge is -2.35. The second kappa shape index (κ2) is 9.48. The molecule has 0 saturated carbocycles. The first-order valence-electron chi connectivity index (χ1n) is 6.93. The summed E-state index contributed by atoms with van der Waals surface area (Å²) in [4.78, 5) is 0. The zero-order chi connectivity index (χ0) is 14.9. The number of rotatable bonds is 11. The third kappa shape index (κ3) is 5.22. The van der Waals surface area contributed by atoms with E-state index in [0.717, 1.165) is 19.3 Å². The van der Waals surface area contributed by atoms with Crippen molar-refractivity contribution in [2.75, 3.05) is 21.3 Å². The molecule has 0 N–H and O–H groups in total. The van der Waals surface area contributed by atoms with Gasteiger partial charge in [-0.3, -0.25) is 0 Å². The minimum Gasteiger partial charge on any atom is -0.377 e. The number of hydrogen-bond acceptors (Lipinski definition) is 3. The molecule has 0 fully saturated rings. The zero-order valence-electron chi connectivity index (χ0n) is 13.1. The van der Waals surface area contributed by atoms with E-state index in [4.69, 9.17) is 13.3 Å². The van der Waals surface area contributed by atoms with Gasteiger partial charge in [0.25, 0.3) is 0 Å². The van der Waals surface area contributed by atoms with Crippen molar-refractivity contribution in [3.63, 3.8) is 0 Å². The maximum absolute atomic E-state index is 5.66. The van der Waals surface area contributed by atoms with E-state index in [1.165, 1.54) is 0 Å². The van der Waals surface area contributed by atoms with E-state index in [1.54, 1.807) is 21.3 Å². The summed E-state index contributed by atoms with van der Waals surface area (Å²) in [6.45, 7) is 12.1. The van der Waals surface area contributed by atoms with Gasteiger partial charge in [-0.2, -0.15) is 0 Å². The van der Waals surface area contributed by atoms with Crippen LogP contribution in [0.1, 0.15) is 33.1 Å². The SMILES string of the molecule is C=CC(C)CC(CC(C=C)CC)[Si](OC)(OC)OC. The van der Waals surface area contributed by atoms with Gasteiger partial charge in [0.2, 0.25) is 0 Å². The molecule has 0 aromatic carbocycles. The summed E-state index contributed by atoms with van der Waals surface area (Å²) in [5.41, 5.74) is 0.267. The van der Waals surface area contributed by atoms with Crippen LogP contribution in [0.3, 0.4) is 0 Å². The maximum Gasteiger partial charge on any atom is 0.503 e. The molecule has 19 heavy (non-hydrogen) atoms. The standard InChI is InChI=1S/C15H30O3Si/c1-8-13(4)11-15(12-14(9-2)10-3)19(16-5,17-6)18-7/h8-9,13-15H,1-2,10-12H2,3-7H3. The van der Waals surface area contributed by atoms with Gasteiger partial charge in [0.05, 0.1) is 0 Å². The van der Waals surface area contributed by atoms with Crippen LogP contribution >= 0.6 is 0 Å². The van der Waals surface area contributed by atoms with Gasteiger partial charge in [0.1, 0.15) is 0 Å². The molecule has 0 aliphatic rings. The number of hydrogen-bond donors (Lipinski definition) is 0. The minimum absolute atomic E-state index is 0.267. The average molecular weight is 286 g/mol. The van der Waals surface area contributed by atoms with Gasteiger partial charge < -0.3 is 13.3 Å². The summed E-state index contributed by atoms with van der Waals surface area (Å²) in [5, 5.41) is 0. The minimum atomic E-state index is -2.62. The van der Waals surface area contributed by atoms with E-state index < -0.39 is 8.80 Å². The van der Waals surface area contributed by atoms with E-state index in [2.05, 4.69) is 27.0 Å². The van der Waals surface area contributed by atoms with E-state index in [1.807, 2.05) is 12.2 Å². The Labute approximate surface area is 120 Å². The Morgan fingerprint density at radius 2 is 1.53 bits per heavy atom. The molecular formula is C15H30O3Si. The Kier molecular flexibility index (Phi) is 9.26. The van der Waals surface area contributed by atoms with E-state index >= 15 is 0 Å². The molecule has 0 saturated heterocycles. The molecule has 0 spiro atoms. The number of allylic oxidation sites excluding steroid dienone is 2. The largest absolute Gasteiger partial charge is 0.503 e. The molecule has 0 aliphatic carbocycles. The molecule has 0 radical (unpaired) electrons. The third-order valence-corrected chi connectivity index (χ3v) is 7.04. The van der Waals surface area contributed by atoms with E-state index in [-0.39, 0.29) is 5.54 Å². The fourth-order valence-corrected chi connectivity index (χ4v) is 5.23. The average Bonchev–Trinajstić information content (AvgIpc) is 2.46. The Morgan fingerprint density at radius 3 is 1.84 bits per heavy atom. The van der Waals surface area contributed by atoms with Crippen LogP contribution in [-0.4, -0.2) is 30.1 Å². The van der Waals surface area contributed by atoms with Crippen molar-refractivity contribution < 1.29 is 13.3 Å². The maximum atomic E-state index is 5.66. The van der Waals surface area contributed by atoms with Crippen molar-refractivity contribution >= 4 is 8.80 Å². The molecule has 0 bridgehead atoms. The molecule has 0 aliphatic heterocycles. The predicted octanol–water partition coefficient (Wildman–Crippen LogP) is 4.05. The van der Waals surface area contributed by atoms with Gasteiger partial charge in [-0.15, -0.1) is 13.2 Å². The lowest BCUT2D eigenvalue weighted by atomic mass is 9.95. The lowest BCUT2D eigenvalue weighted by Crippen LogP contribution is -2.48. The fraction of sp³-hybridized carbons (Fsp3) is 0.733. The van der Waals surface area contributed by atoms with Crippen LogP contribution in [0.2, 0.25) is 5.54 Å². The summed E-state index contributed by atoms with van der Waals surface area (Å²) in [7, 11) is 2.42. The first-order chi connectivity index (χ1) is 9.03. The molecule has 4 heteroatoms. The highest BCUT2D eigenvalue weighted by Crippen LogP contribution is 2.37. The van der Waals surface area contributed by atoms with Crippen molar-refractivity contribution in [3.05, 3.63) is 25.3 Å². The quantitative estimate of drug-likeness (QED) is 0.423. The summed E-state index contributed by atoms with van der Waals surface area (Å²) in [5.74, 6) is 0.883. The third-order valence-electron chi connectivity index (χ3n) is 3.86. The predicted molar refractivity (Wildman–Crippen MR) is 83.1 cm³/mol. The van der Waals surface area contributed by atoms with Crippen molar-refractivity contribution in [2.24, 2.45) is 11.8 Å².